The largest absolute Gasteiger partial charge is 0.342 e. The van der Waals surface area contributed by atoms with E-state index in [0.29, 0.717) is 52.1 Å². The van der Waals surface area contributed by atoms with E-state index in [9.17, 15) is 14.4 Å². The molecule has 2 saturated heterocycles. The zero-order valence-corrected chi connectivity index (χ0v) is 19.2. The first-order valence-electron chi connectivity index (χ1n) is 12.0. The Bertz CT molecular complexity index is 940. The van der Waals surface area contributed by atoms with Crippen LogP contribution in [0.3, 0.4) is 0 Å². The minimum absolute atomic E-state index is 0.0572. The lowest BCUT2D eigenvalue weighted by Crippen LogP contribution is -2.52. The standard InChI is InChI=1S/C27H33N3O3/c31-25(13-7-12-22-8-3-1-4-9-22)28-16-18-29(19-17-28)27(33)24-20-26(32)30(21-24)15-14-23-10-5-2-6-11-23/h1-6,8-11,24H,7,12-21H2. The molecule has 2 fully saturated rings. The van der Waals surface area contributed by atoms with E-state index in [1.54, 1.807) is 0 Å². The van der Waals surface area contributed by atoms with Gasteiger partial charge in [-0.15, -0.1) is 0 Å². The van der Waals surface area contributed by atoms with Crippen molar-refractivity contribution >= 4 is 17.7 Å². The van der Waals surface area contributed by atoms with Gasteiger partial charge in [0.25, 0.3) is 0 Å². The SMILES string of the molecule is O=C(CCCc1ccccc1)N1CCN(C(=O)C2CC(=O)N(CCc3ccccc3)C2)CC1. The summed E-state index contributed by atoms with van der Waals surface area (Å²) in [5.74, 6) is 0.0285. The first kappa shape index (κ1) is 23.0. The second-order valence-electron chi connectivity index (χ2n) is 9.02. The number of amides is 3. The number of carbonyl (C=O) groups is 3. The highest BCUT2D eigenvalue weighted by molar-refractivity contribution is 5.89. The van der Waals surface area contributed by atoms with Crippen LogP contribution in [0.2, 0.25) is 0 Å². The van der Waals surface area contributed by atoms with Gasteiger partial charge in [0.15, 0.2) is 0 Å². The Morgan fingerprint density at radius 1 is 0.788 bits per heavy atom. The Morgan fingerprint density at radius 3 is 2.00 bits per heavy atom. The molecule has 1 atom stereocenters. The van der Waals surface area contributed by atoms with Crippen molar-refractivity contribution in [3.05, 3.63) is 71.8 Å². The van der Waals surface area contributed by atoms with Crippen LogP contribution in [-0.4, -0.2) is 71.7 Å². The minimum Gasteiger partial charge on any atom is -0.342 e. The Balaban J connectivity index is 1.18. The summed E-state index contributed by atoms with van der Waals surface area (Å²) < 4.78 is 0. The molecule has 1 unspecified atom stereocenters. The molecule has 0 radical (unpaired) electrons. The molecule has 0 N–H and O–H groups in total. The Labute approximate surface area is 196 Å². The second kappa shape index (κ2) is 11.1. The monoisotopic (exact) mass is 447 g/mol. The smallest absolute Gasteiger partial charge is 0.228 e. The van der Waals surface area contributed by atoms with Crippen LogP contribution in [0.15, 0.2) is 60.7 Å². The van der Waals surface area contributed by atoms with Gasteiger partial charge in [0.1, 0.15) is 0 Å². The number of likely N-dealkylation sites (tertiary alicyclic amines) is 1. The molecule has 6 heteroatoms. The van der Waals surface area contributed by atoms with E-state index in [1.165, 1.54) is 11.1 Å². The normalized spacial score (nSPS) is 18.6. The number of rotatable bonds is 8. The summed E-state index contributed by atoms with van der Waals surface area (Å²) in [7, 11) is 0. The lowest BCUT2D eigenvalue weighted by atomic mass is 10.1. The van der Waals surface area contributed by atoms with Crippen molar-refractivity contribution in [1.82, 2.24) is 14.7 Å². The molecule has 2 aliphatic heterocycles. The summed E-state index contributed by atoms with van der Waals surface area (Å²) in [6, 6.07) is 20.3. The van der Waals surface area contributed by atoms with E-state index in [1.807, 2.05) is 51.1 Å². The summed E-state index contributed by atoms with van der Waals surface area (Å²) in [5.41, 5.74) is 2.45. The molecule has 6 nitrogen and oxygen atoms in total. The summed E-state index contributed by atoms with van der Waals surface area (Å²) >= 11 is 0. The fourth-order valence-corrected chi connectivity index (χ4v) is 4.74. The zero-order chi connectivity index (χ0) is 23.0. The molecule has 0 aromatic heterocycles. The van der Waals surface area contributed by atoms with Crippen molar-refractivity contribution in [2.75, 3.05) is 39.3 Å². The summed E-state index contributed by atoms with van der Waals surface area (Å²) in [6.07, 6.45) is 3.38. The van der Waals surface area contributed by atoms with Gasteiger partial charge >= 0.3 is 0 Å². The van der Waals surface area contributed by atoms with Gasteiger partial charge in [-0.2, -0.15) is 0 Å². The molecule has 0 spiro atoms. The van der Waals surface area contributed by atoms with Crippen LogP contribution < -0.4 is 0 Å². The third-order valence-corrected chi connectivity index (χ3v) is 6.72. The molecule has 33 heavy (non-hydrogen) atoms. The number of hydrogen-bond acceptors (Lipinski definition) is 3. The van der Waals surface area contributed by atoms with Crippen LogP contribution in [0.4, 0.5) is 0 Å². The van der Waals surface area contributed by atoms with Crippen molar-refractivity contribution in [3.8, 4) is 0 Å². The zero-order valence-electron chi connectivity index (χ0n) is 19.2. The van der Waals surface area contributed by atoms with Gasteiger partial charge in [0.2, 0.25) is 17.7 Å². The second-order valence-corrected chi connectivity index (χ2v) is 9.02. The van der Waals surface area contributed by atoms with Gasteiger partial charge in [0.05, 0.1) is 5.92 Å². The maximum Gasteiger partial charge on any atom is 0.228 e. The third kappa shape index (κ3) is 6.21. The van der Waals surface area contributed by atoms with Crippen LogP contribution >= 0.6 is 0 Å². The van der Waals surface area contributed by atoms with Crippen molar-refractivity contribution in [1.29, 1.82) is 0 Å². The molecular formula is C27H33N3O3. The summed E-state index contributed by atoms with van der Waals surface area (Å²) in [6.45, 7) is 3.42. The fraction of sp³-hybridized carbons (Fsp3) is 0.444. The molecule has 0 bridgehead atoms. The van der Waals surface area contributed by atoms with Crippen LogP contribution in [0.5, 0.6) is 0 Å². The summed E-state index contributed by atoms with van der Waals surface area (Å²) in [4.78, 5) is 43.6. The Morgan fingerprint density at radius 2 is 1.36 bits per heavy atom. The molecular weight excluding hydrogens is 414 g/mol. The van der Waals surface area contributed by atoms with E-state index in [-0.39, 0.29) is 23.6 Å². The van der Waals surface area contributed by atoms with E-state index in [2.05, 4.69) is 24.3 Å². The molecule has 2 aliphatic rings. The number of benzene rings is 2. The van der Waals surface area contributed by atoms with Crippen molar-refractivity contribution in [2.24, 2.45) is 5.92 Å². The first-order chi connectivity index (χ1) is 16.1. The van der Waals surface area contributed by atoms with Gasteiger partial charge in [-0.1, -0.05) is 60.7 Å². The highest BCUT2D eigenvalue weighted by Gasteiger charge is 2.37. The Hall–Kier alpha value is -3.15. The van der Waals surface area contributed by atoms with Crippen molar-refractivity contribution < 1.29 is 14.4 Å². The summed E-state index contributed by atoms with van der Waals surface area (Å²) in [5, 5.41) is 0. The number of hydrogen-bond donors (Lipinski definition) is 0. The molecule has 0 aliphatic carbocycles. The first-order valence-corrected chi connectivity index (χ1v) is 12.0. The average molecular weight is 448 g/mol. The molecule has 174 valence electrons. The minimum atomic E-state index is -0.263. The average Bonchev–Trinajstić information content (AvgIpc) is 3.24. The Kier molecular flexibility index (Phi) is 7.76. The van der Waals surface area contributed by atoms with Gasteiger partial charge in [0, 0.05) is 52.1 Å². The highest BCUT2D eigenvalue weighted by Crippen LogP contribution is 2.21. The quantitative estimate of drug-likeness (QED) is 0.625. The van der Waals surface area contributed by atoms with E-state index in [0.717, 1.165) is 19.3 Å². The molecule has 4 rings (SSSR count). The van der Waals surface area contributed by atoms with E-state index < -0.39 is 0 Å². The predicted octanol–water partition coefficient (Wildman–Crippen LogP) is 2.77. The number of aryl methyl sites for hydroxylation is 1. The van der Waals surface area contributed by atoms with Crippen molar-refractivity contribution in [3.63, 3.8) is 0 Å². The fourth-order valence-electron chi connectivity index (χ4n) is 4.74. The highest BCUT2D eigenvalue weighted by atomic mass is 16.2. The van der Waals surface area contributed by atoms with Gasteiger partial charge in [-0.05, 0) is 30.4 Å². The van der Waals surface area contributed by atoms with Gasteiger partial charge in [-0.3, -0.25) is 14.4 Å². The van der Waals surface area contributed by atoms with E-state index >= 15 is 0 Å². The van der Waals surface area contributed by atoms with Crippen LogP contribution in [0.1, 0.15) is 30.4 Å². The van der Waals surface area contributed by atoms with Crippen molar-refractivity contribution in [2.45, 2.75) is 32.1 Å². The lowest BCUT2D eigenvalue weighted by molar-refractivity contribution is -0.142. The number of piperazine rings is 1. The number of carbonyl (C=O) groups excluding carboxylic acids is 3. The van der Waals surface area contributed by atoms with Gasteiger partial charge in [-0.25, -0.2) is 0 Å². The molecule has 0 saturated carbocycles. The molecule has 2 heterocycles. The van der Waals surface area contributed by atoms with E-state index in [4.69, 9.17) is 0 Å². The maximum atomic E-state index is 13.0. The van der Waals surface area contributed by atoms with Crippen LogP contribution in [-0.2, 0) is 27.2 Å². The lowest BCUT2D eigenvalue weighted by Gasteiger charge is -2.36. The van der Waals surface area contributed by atoms with Crippen LogP contribution in [0, 0.1) is 5.92 Å². The van der Waals surface area contributed by atoms with Crippen LogP contribution in [0.25, 0.3) is 0 Å². The molecule has 2 aromatic carbocycles. The van der Waals surface area contributed by atoms with Gasteiger partial charge < -0.3 is 14.7 Å². The maximum absolute atomic E-state index is 13.0. The topological polar surface area (TPSA) is 60.9 Å². The molecule has 2 aromatic rings. The molecule has 3 amide bonds. The third-order valence-electron chi connectivity index (χ3n) is 6.72. The number of nitrogens with zero attached hydrogens (tertiary/aromatic N) is 3. The predicted molar refractivity (Wildman–Crippen MR) is 127 cm³/mol.